The van der Waals surface area contributed by atoms with E-state index >= 15 is 0 Å². The van der Waals surface area contributed by atoms with Gasteiger partial charge in [-0.15, -0.1) is 0 Å². The lowest BCUT2D eigenvalue weighted by molar-refractivity contribution is 0.0695. The van der Waals surface area contributed by atoms with Gasteiger partial charge in [-0.1, -0.05) is 0 Å². The smallest absolute Gasteiger partial charge is 0.341 e. The molecule has 0 bridgehead atoms. The fourth-order valence-corrected chi connectivity index (χ4v) is 3.98. The number of fused-ring (bicyclic) bond motifs is 2. The SMILES string of the molecule is NC1CN(c2nc3c(cc2F)c(=O)c(C(=O)O)cn3C2CC2)C2CC12. The highest BCUT2D eigenvalue weighted by atomic mass is 19.1. The second-order valence-electron chi connectivity index (χ2n) is 7.26. The van der Waals surface area contributed by atoms with Crippen LogP contribution in [0.15, 0.2) is 17.1 Å². The molecule has 3 heterocycles. The molecule has 0 aromatic carbocycles. The number of aromatic carboxylic acids is 1. The first kappa shape index (κ1) is 14.8. The van der Waals surface area contributed by atoms with Gasteiger partial charge < -0.3 is 20.3 Å². The number of carbonyl (C=O) groups is 1. The van der Waals surface area contributed by atoms with Crippen LogP contribution in [0, 0.1) is 11.7 Å². The van der Waals surface area contributed by atoms with E-state index in [0.717, 1.165) is 25.3 Å². The van der Waals surface area contributed by atoms with Crippen LogP contribution < -0.4 is 16.1 Å². The first-order chi connectivity index (χ1) is 12.0. The van der Waals surface area contributed by atoms with Gasteiger partial charge in [-0.2, -0.15) is 0 Å². The lowest BCUT2D eigenvalue weighted by Crippen LogP contribution is -2.33. The maximum atomic E-state index is 14.7. The number of halogens is 1. The molecular formula is C17H17FN4O3. The zero-order valence-corrected chi connectivity index (χ0v) is 13.4. The molecule has 8 heteroatoms. The molecule has 0 amide bonds. The lowest BCUT2D eigenvalue weighted by atomic mass is 10.2. The molecule has 0 radical (unpaired) electrons. The minimum Gasteiger partial charge on any atom is -0.477 e. The van der Waals surface area contributed by atoms with Gasteiger partial charge in [-0.25, -0.2) is 14.2 Å². The molecule has 3 N–H and O–H groups in total. The number of hydrogen-bond donors (Lipinski definition) is 2. The zero-order chi connectivity index (χ0) is 17.5. The summed E-state index contributed by atoms with van der Waals surface area (Å²) in [7, 11) is 0. The fraction of sp³-hybridized carbons (Fsp3) is 0.471. The Labute approximate surface area is 141 Å². The average molecular weight is 344 g/mol. The normalized spacial score (nSPS) is 27.6. The Bertz CT molecular complexity index is 984. The molecule has 25 heavy (non-hydrogen) atoms. The number of nitrogens with zero attached hydrogens (tertiary/aromatic N) is 3. The molecule has 1 saturated heterocycles. The summed E-state index contributed by atoms with van der Waals surface area (Å²) >= 11 is 0. The highest BCUT2D eigenvalue weighted by Gasteiger charge is 2.53. The third-order valence-electron chi connectivity index (χ3n) is 5.54. The Hall–Kier alpha value is -2.48. The highest BCUT2D eigenvalue weighted by molar-refractivity contribution is 5.92. The van der Waals surface area contributed by atoms with Gasteiger partial charge >= 0.3 is 5.97 Å². The van der Waals surface area contributed by atoms with Crippen LogP contribution in [0.1, 0.15) is 35.7 Å². The van der Waals surface area contributed by atoms with Gasteiger partial charge in [0.25, 0.3) is 0 Å². The Kier molecular flexibility index (Phi) is 2.84. The molecule has 3 fully saturated rings. The van der Waals surface area contributed by atoms with Crippen molar-refractivity contribution in [2.24, 2.45) is 11.7 Å². The quantitative estimate of drug-likeness (QED) is 0.865. The van der Waals surface area contributed by atoms with Crippen molar-refractivity contribution in [3.63, 3.8) is 0 Å². The molecular weight excluding hydrogens is 327 g/mol. The molecule has 3 atom stereocenters. The maximum absolute atomic E-state index is 14.7. The molecule has 5 rings (SSSR count). The van der Waals surface area contributed by atoms with E-state index in [9.17, 15) is 19.1 Å². The van der Waals surface area contributed by atoms with Crippen LogP contribution in [0.3, 0.4) is 0 Å². The molecule has 2 saturated carbocycles. The second-order valence-corrected chi connectivity index (χ2v) is 7.26. The van der Waals surface area contributed by atoms with Crippen molar-refractivity contribution in [2.45, 2.75) is 37.4 Å². The van der Waals surface area contributed by atoms with Crippen LogP contribution >= 0.6 is 0 Å². The summed E-state index contributed by atoms with van der Waals surface area (Å²) < 4.78 is 16.4. The number of aromatic nitrogens is 2. The molecule has 0 spiro atoms. The average Bonchev–Trinajstić information content (AvgIpc) is 3.46. The number of piperidine rings is 1. The van der Waals surface area contributed by atoms with Crippen molar-refractivity contribution < 1.29 is 14.3 Å². The topological polar surface area (TPSA) is 101 Å². The zero-order valence-electron chi connectivity index (χ0n) is 13.4. The maximum Gasteiger partial charge on any atom is 0.341 e. The Morgan fingerprint density at radius 1 is 1.40 bits per heavy atom. The number of nitrogens with two attached hydrogens (primary N) is 1. The summed E-state index contributed by atoms with van der Waals surface area (Å²) in [6.07, 6.45) is 4.07. The van der Waals surface area contributed by atoms with E-state index in [-0.39, 0.29) is 34.9 Å². The minimum absolute atomic E-state index is 0.0157. The Morgan fingerprint density at radius 2 is 2.16 bits per heavy atom. The summed E-state index contributed by atoms with van der Waals surface area (Å²) in [5.74, 6) is -1.31. The van der Waals surface area contributed by atoms with Gasteiger partial charge in [-0.3, -0.25) is 4.79 Å². The van der Waals surface area contributed by atoms with Crippen molar-refractivity contribution >= 4 is 22.8 Å². The third-order valence-corrected chi connectivity index (χ3v) is 5.54. The Balaban J connectivity index is 1.74. The molecule has 2 aliphatic carbocycles. The summed E-state index contributed by atoms with van der Waals surface area (Å²) in [4.78, 5) is 30.1. The monoisotopic (exact) mass is 344 g/mol. The van der Waals surface area contributed by atoms with Crippen LogP contribution in [0.5, 0.6) is 0 Å². The summed E-state index contributed by atoms with van der Waals surface area (Å²) in [5, 5.41) is 9.29. The van der Waals surface area contributed by atoms with Crippen molar-refractivity contribution in [3.05, 3.63) is 33.9 Å². The van der Waals surface area contributed by atoms with Gasteiger partial charge in [0.15, 0.2) is 11.6 Å². The standard InChI is InChI=1S/C17H17FN4O3/c18-11-3-9-14(23)10(17(24)25)5-21(7-1-2-7)15(9)20-16(11)22-6-12(19)8-4-13(8)22/h3,5,7-8,12-13H,1-2,4,6,19H2,(H,24,25). The highest BCUT2D eigenvalue weighted by Crippen LogP contribution is 2.46. The van der Waals surface area contributed by atoms with Crippen LogP contribution in [0.25, 0.3) is 11.0 Å². The lowest BCUT2D eigenvalue weighted by Gasteiger charge is -2.22. The van der Waals surface area contributed by atoms with Crippen molar-refractivity contribution in [3.8, 4) is 0 Å². The van der Waals surface area contributed by atoms with Crippen molar-refractivity contribution in [1.82, 2.24) is 9.55 Å². The number of pyridine rings is 2. The predicted molar refractivity (Wildman–Crippen MR) is 88.4 cm³/mol. The van der Waals surface area contributed by atoms with E-state index < -0.39 is 17.2 Å². The molecule has 3 unspecified atom stereocenters. The minimum atomic E-state index is -1.31. The summed E-state index contributed by atoms with van der Waals surface area (Å²) in [6, 6.07) is 1.48. The van der Waals surface area contributed by atoms with Crippen molar-refractivity contribution in [2.75, 3.05) is 11.4 Å². The Morgan fingerprint density at radius 3 is 2.72 bits per heavy atom. The van der Waals surface area contributed by atoms with E-state index in [1.54, 1.807) is 4.57 Å². The number of hydrogen-bond acceptors (Lipinski definition) is 5. The molecule has 3 aliphatic rings. The van der Waals surface area contributed by atoms with Crippen LogP contribution in [0.4, 0.5) is 10.2 Å². The number of rotatable bonds is 3. The number of anilines is 1. The van der Waals surface area contributed by atoms with Gasteiger partial charge in [-0.05, 0) is 31.2 Å². The third kappa shape index (κ3) is 2.10. The fourth-order valence-electron chi connectivity index (χ4n) is 3.98. The summed E-state index contributed by atoms with van der Waals surface area (Å²) in [5.41, 5.74) is 5.37. The van der Waals surface area contributed by atoms with E-state index in [1.165, 1.54) is 6.20 Å². The molecule has 2 aromatic heterocycles. The van der Waals surface area contributed by atoms with Gasteiger partial charge in [0.05, 0.1) is 5.39 Å². The van der Waals surface area contributed by atoms with Crippen molar-refractivity contribution in [1.29, 1.82) is 0 Å². The largest absolute Gasteiger partial charge is 0.477 e. The van der Waals surface area contributed by atoms with Crippen LogP contribution in [-0.2, 0) is 0 Å². The predicted octanol–water partition coefficient (Wildman–Crippen LogP) is 1.10. The molecule has 2 aromatic rings. The van der Waals surface area contributed by atoms with E-state index in [1.807, 2.05) is 4.90 Å². The van der Waals surface area contributed by atoms with E-state index in [0.29, 0.717) is 18.1 Å². The first-order valence-corrected chi connectivity index (χ1v) is 8.46. The second kappa shape index (κ2) is 4.78. The van der Waals surface area contributed by atoms with Gasteiger partial charge in [0, 0.05) is 30.9 Å². The molecule has 1 aliphatic heterocycles. The molecule has 130 valence electrons. The van der Waals surface area contributed by atoms with Gasteiger partial charge in [0.1, 0.15) is 11.2 Å². The summed E-state index contributed by atoms with van der Waals surface area (Å²) in [6.45, 7) is 0.547. The van der Waals surface area contributed by atoms with E-state index in [2.05, 4.69) is 4.98 Å². The molecule has 7 nitrogen and oxygen atoms in total. The number of carboxylic acids is 1. The van der Waals surface area contributed by atoms with E-state index in [4.69, 9.17) is 5.73 Å². The van der Waals surface area contributed by atoms with Gasteiger partial charge in [0.2, 0.25) is 5.43 Å². The number of carboxylic acid groups (broad SMARTS) is 1. The van der Waals surface area contributed by atoms with Crippen LogP contribution in [-0.4, -0.2) is 39.3 Å². The van der Waals surface area contributed by atoms with Crippen LogP contribution in [0.2, 0.25) is 0 Å². The first-order valence-electron chi connectivity index (χ1n) is 8.46.